The Bertz CT molecular complexity index is 243. The first-order valence-corrected chi connectivity index (χ1v) is 6.77. The second-order valence-corrected chi connectivity index (χ2v) is 5.55. The summed E-state index contributed by atoms with van der Waals surface area (Å²) in [5.41, 5.74) is 6.05. The van der Waals surface area contributed by atoms with Gasteiger partial charge in [0.1, 0.15) is 0 Å². The molecule has 17 heavy (non-hydrogen) atoms. The van der Waals surface area contributed by atoms with E-state index in [1.807, 2.05) is 0 Å². The molecule has 4 nitrogen and oxygen atoms in total. The van der Waals surface area contributed by atoms with Crippen LogP contribution in [0.2, 0.25) is 0 Å². The van der Waals surface area contributed by atoms with E-state index in [0.29, 0.717) is 24.4 Å². The third-order valence-corrected chi connectivity index (χ3v) is 3.48. The lowest BCUT2D eigenvalue weighted by atomic mass is 9.91. The first-order chi connectivity index (χ1) is 8.02. The van der Waals surface area contributed by atoms with Crippen LogP contribution < -0.4 is 11.1 Å². The van der Waals surface area contributed by atoms with Crippen molar-refractivity contribution in [1.82, 2.24) is 10.2 Å². The van der Waals surface area contributed by atoms with Crippen LogP contribution in [-0.4, -0.2) is 43.0 Å². The van der Waals surface area contributed by atoms with E-state index in [1.165, 1.54) is 0 Å². The molecule has 1 amide bonds. The van der Waals surface area contributed by atoms with E-state index in [2.05, 4.69) is 31.0 Å². The van der Waals surface area contributed by atoms with Gasteiger partial charge in [-0.05, 0) is 18.3 Å². The number of hydrogen-bond donors (Lipinski definition) is 2. The molecule has 2 unspecified atom stereocenters. The fraction of sp³-hybridized carbons (Fsp3) is 0.923. The molecule has 0 spiro atoms. The molecule has 0 radical (unpaired) electrons. The Labute approximate surface area is 105 Å². The van der Waals surface area contributed by atoms with Crippen LogP contribution in [0.15, 0.2) is 0 Å². The predicted octanol–water partition coefficient (Wildman–Crippen LogP) is 0.818. The molecule has 1 aliphatic heterocycles. The molecule has 0 aromatic heterocycles. The van der Waals surface area contributed by atoms with E-state index in [9.17, 15) is 4.79 Å². The van der Waals surface area contributed by atoms with Crippen LogP contribution >= 0.6 is 0 Å². The number of carbonyl (C=O) groups excluding carboxylic acids is 1. The lowest BCUT2D eigenvalue weighted by Gasteiger charge is -2.36. The van der Waals surface area contributed by atoms with Gasteiger partial charge in [0.25, 0.3) is 0 Å². The van der Waals surface area contributed by atoms with Crippen LogP contribution in [0.5, 0.6) is 0 Å². The van der Waals surface area contributed by atoms with Gasteiger partial charge in [-0.2, -0.15) is 0 Å². The fourth-order valence-corrected chi connectivity index (χ4v) is 2.28. The Morgan fingerprint density at radius 3 is 2.82 bits per heavy atom. The van der Waals surface area contributed by atoms with Gasteiger partial charge in [0.15, 0.2) is 0 Å². The first-order valence-electron chi connectivity index (χ1n) is 6.77. The standard InChI is InChI=1S/C13H27N3O/c1-4-11-8-16(6-5-12(11)14)9-13(17)15-7-10(2)3/h10-12H,4-9,14H2,1-3H3,(H,15,17). The molecule has 2 atom stereocenters. The molecule has 0 saturated carbocycles. The largest absolute Gasteiger partial charge is 0.355 e. The Balaban J connectivity index is 2.29. The van der Waals surface area contributed by atoms with Crippen molar-refractivity contribution in [3.05, 3.63) is 0 Å². The highest BCUT2D eigenvalue weighted by atomic mass is 16.2. The predicted molar refractivity (Wildman–Crippen MR) is 70.7 cm³/mol. The maximum atomic E-state index is 11.7. The lowest BCUT2D eigenvalue weighted by Crippen LogP contribution is -2.49. The van der Waals surface area contributed by atoms with Gasteiger partial charge < -0.3 is 11.1 Å². The van der Waals surface area contributed by atoms with Crippen molar-refractivity contribution in [2.75, 3.05) is 26.2 Å². The van der Waals surface area contributed by atoms with Crippen molar-refractivity contribution in [2.24, 2.45) is 17.6 Å². The number of rotatable bonds is 5. The van der Waals surface area contributed by atoms with Gasteiger partial charge in [-0.15, -0.1) is 0 Å². The molecule has 1 heterocycles. The van der Waals surface area contributed by atoms with Crippen LogP contribution in [0.3, 0.4) is 0 Å². The Hall–Kier alpha value is -0.610. The van der Waals surface area contributed by atoms with Crippen LogP contribution in [0, 0.1) is 11.8 Å². The molecule has 1 saturated heterocycles. The molecule has 0 aromatic carbocycles. The van der Waals surface area contributed by atoms with E-state index in [4.69, 9.17) is 5.73 Å². The monoisotopic (exact) mass is 241 g/mol. The summed E-state index contributed by atoms with van der Waals surface area (Å²) in [6.07, 6.45) is 2.11. The zero-order valence-electron chi connectivity index (χ0n) is 11.4. The number of nitrogens with two attached hydrogens (primary N) is 1. The Morgan fingerprint density at radius 1 is 1.53 bits per heavy atom. The first kappa shape index (κ1) is 14.5. The number of piperidine rings is 1. The van der Waals surface area contributed by atoms with Crippen LogP contribution in [0.25, 0.3) is 0 Å². The number of nitrogens with zero attached hydrogens (tertiary/aromatic N) is 1. The zero-order valence-corrected chi connectivity index (χ0v) is 11.4. The Morgan fingerprint density at radius 2 is 2.24 bits per heavy atom. The van der Waals surface area contributed by atoms with Gasteiger partial charge in [0.05, 0.1) is 6.54 Å². The Kier molecular flexibility index (Phi) is 5.92. The highest BCUT2D eigenvalue weighted by Crippen LogP contribution is 2.17. The number of hydrogen-bond acceptors (Lipinski definition) is 3. The molecule has 0 aliphatic carbocycles. The van der Waals surface area contributed by atoms with E-state index in [-0.39, 0.29) is 5.91 Å². The maximum absolute atomic E-state index is 11.7. The fourth-order valence-electron chi connectivity index (χ4n) is 2.28. The number of amides is 1. The summed E-state index contributed by atoms with van der Waals surface area (Å²) in [5.74, 6) is 1.20. The molecule has 1 rings (SSSR count). The number of nitrogens with one attached hydrogen (secondary N) is 1. The second kappa shape index (κ2) is 6.97. The normalized spacial score (nSPS) is 26.2. The molecule has 1 fully saturated rings. The van der Waals surface area contributed by atoms with Gasteiger partial charge in [-0.3, -0.25) is 9.69 Å². The van der Waals surface area contributed by atoms with Crippen molar-refractivity contribution < 1.29 is 4.79 Å². The summed E-state index contributed by atoms with van der Waals surface area (Å²) < 4.78 is 0. The molecule has 1 aliphatic rings. The van der Waals surface area contributed by atoms with Crippen LogP contribution in [-0.2, 0) is 4.79 Å². The van der Waals surface area contributed by atoms with Crippen molar-refractivity contribution in [2.45, 2.75) is 39.7 Å². The lowest BCUT2D eigenvalue weighted by molar-refractivity contribution is -0.122. The zero-order chi connectivity index (χ0) is 12.8. The van der Waals surface area contributed by atoms with Crippen LogP contribution in [0.1, 0.15) is 33.6 Å². The molecular formula is C13H27N3O. The quantitative estimate of drug-likeness (QED) is 0.749. The van der Waals surface area contributed by atoms with Gasteiger partial charge >= 0.3 is 0 Å². The van der Waals surface area contributed by atoms with Crippen molar-refractivity contribution in [3.8, 4) is 0 Å². The van der Waals surface area contributed by atoms with Gasteiger partial charge in [-0.1, -0.05) is 27.2 Å². The second-order valence-electron chi connectivity index (χ2n) is 5.55. The van der Waals surface area contributed by atoms with E-state index in [0.717, 1.165) is 32.5 Å². The van der Waals surface area contributed by atoms with E-state index >= 15 is 0 Å². The topological polar surface area (TPSA) is 58.4 Å². The molecule has 4 heteroatoms. The minimum Gasteiger partial charge on any atom is -0.355 e. The van der Waals surface area contributed by atoms with Gasteiger partial charge in [-0.25, -0.2) is 0 Å². The third kappa shape index (κ3) is 5.04. The molecule has 100 valence electrons. The van der Waals surface area contributed by atoms with E-state index in [1.54, 1.807) is 0 Å². The van der Waals surface area contributed by atoms with Crippen molar-refractivity contribution in [1.29, 1.82) is 0 Å². The average Bonchev–Trinajstić information content (AvgIpc) is 2.29. The SMILES string of the molecule is CCC1CN(CC(=O)NCC(C)C)CCC1N. The summed E-state index contributed by atoms with van der Waals surface area (Å²) >= 11 is 0. The summed E-state index contributed by atoms with van der Waals surface area (Å²) in [5, 5.41) is 2.96. The van der Waals surface area contributed by atoms with E-state index < -0.39 is 0 Å². The van der Waals surface area contributed by atoms with Crippen molar-refractivity contribution >= 4 is 5.91 Å². The smallest absolute Gasteiger partial charge is 0.234 e. The summed E-state index contributed by atoms with van der Waals surface area (Å²) in [6.45, 7) is 9.59. The average molecular weight is 241 g/mol. The highest BCUT2D eigenvalue weighted by Gasteiger charge is 2.26. The van der Waals surface area contributed by atoms with Gasteiger partial charge in [0, 0.05) is 25.7 Å². The van der Waals surface area contributed by atoms with Gasteiger partial charge in [0.2, 0.25) is 5.91 Å². The van der Waals surface area contributed by atoms with Crippen molar-refractivity contribution in [3.63, 3.8) is 0 Å². The summed E-state index contributed by atoms with van der Waals surface area (Å²) in [4.78, 5) is 13.9. The number of carbonyl (C=O) groups is 1. The molecular weight excluding hydrogens is 214 g/mol. The summed E-state index contributed by atoms with van der Waals surface area (Å²) in [7, 11) is 0. The van der Waals surface area contributed by atoms with Crippen LogP contribution in [0.4, 0.5) is 0 Å². The maximum Gasteiger partial charge on any atom is 0.234 e. The molecule has 3 N–H and O–H groups in total. The summed E-state index contributed by atoms with van der Waals surface area (Å²) in [6, 6.07) is 0.315. The highest BCUT2D eigenvalue weighted by molar-refractivity contribution is 5.78. The number of likely N-dealkylation sites (tertiary alicyclic amines) is 1. The minimum atomic E-state index is 0.143. The molecule has 0 aromatic rings. The minimum absolute atomic E-state index is 0.143. The molecule has 0 bridgehead atoms. The third-order valence-electron chi connectivity index (χ3n) is 3.48.